The van der Waals surface area contributed by atoms with Gasteiger partial charge in [-0.3, -0.25) is 4.98 Å². The summed E-state index contributed by atoms with van der Waals surface area (Å²) in [6, 6.07) is 12.8. The van der Waals surface area contributed by atoms with Crippen LogP contribution in [-0.2, 0) is 23.1 Å². The Morgan fingerprint density at radius 3 is 2.43 bits per heavy atom. The zero-order chi connectivity index (χ0) is 20.5. The van der Waals surface area contributed by atoms with Gasteiger partial charge in [0.15, 0.2) is 5.96 Å². The van der Waals surface area contributed by atoms with Crippen molar-refractivity contribution in [3.05, 3.63) is 59.9 Å². The molecule has 2 heterocycles. The first-order valence-corrected chi connectivity index (χ1v) is 11.5. The van der Waals surface area contributed by atoms with E-state index in [4.69, 9.17) is 0 Å². The first-order chi connectivity index (χ1) is 14.1. The third kappa shape index (κ3) is 6.92. The van der Waals surface area contributed by atoms with Gasteiger partial charge in [-0.25, -0.2) is 13.4 Å². The van der Waals surface area contributed by atoms with E-state index in [1.54, 1.807) is 22.6 Å². The number of benzene rings is 1. The lowest BCUT2D eigenvalue weighted by Crippen LogP contribution is -2.37. The molecule has 2 aromatic rings. The van der Waals surface area contributed by atoms with Crippen LogP contribution >= 0.6 is 24.0 Å². The van der Waals surface area contributed by atoms with Crippen molar-refractivity contribution in [1.29, 1.82) is 0 Å². The van der Waals surface area contributed by atoms with E-state index in [1.807, 2.05) is 37.3 Å². The molecular weight excluding hydrogens is 513 g/mol. The van der Waals surface area contributed by atoms with E-state index in [0.717, 1.165) is 37.1 Å². The molecule has 0 aliphatic carbocycles. The fraction of sp³-hybridized carbons (Fsp3) is 0.429. The number of hydrogen-bond donors (Lipinski definition) is 2. The fourth-order valence-corrected chi connectivity index (χ4v) is 4.73. The third-order valence-electron chi connectivity index (χ3n) is 4.80. The van der Waals surface area contributed by atoms with Crippen molar-refractivity contribution >= 4 is 40.0 Å². The van der Waals surface area contributed by atoms with E-state index in [1.165, 1.54) is 0 Å². The molecule has 0 atom stereocenters. The molecule has 0 spiro atoms. The summed E-state index contributed by atoms with van der Waals surface area (Å²) in [5.74, 6) is 0.697. The summed E-state index contributed by atoms with van der Waals surface area (Å²) in [4.78, 5) is 9.24. The predicted octanol–water partition coefficient (Wildman–Crippen LogP) is 3.13. The largest absolute Gasteiger partial charge is 0.357 e. The second-order valence-electron chi connectivity index (χ2n) is 6.98. The molecule has 0 amide bonds. The Hall–Kier alpha value is -1.72. The number of pyridine rings is 1. The molecule has 0 radical (unpaired) electrons. The van der Waals surface area contributed by atoms with Gasteiger partial charge in [0, 0.05) is 25.8 Å². The van der Waals surface area contributed by atoms with Gasteiger partial charge in [0.25, 0.3) is 0 Å². The number of guanidine groups is 1. The highest BCUT2D eigenvalue weighted by atomic mass is 127. The average Bonchev–Trinajstić information content (AvgIpc) is 2.77. The Morgan fingerprint density at radius 2 is 1.80 bits per heavy atom. The monoisotopic (exact) mass is 543 g/mol. The summed E-state index contributed by atoms with van der Waals surface area (Å²) < 4.78 is 27.1. The Bertz CT molecular complexity index is 899. The molecule has 1 fully saturated rings. The van der Waals surface area contributed by atoms with Gasteiger partial charge in [-0.05, 0) is 49.6 Å². The molecule has 7 nitrogen and oxygen atoms in total. The number of halogens is 1. The van der Waals surface area contributed by atoms with Gasteiger partial charge in [-0.2, -0.15) is 4.31 Å². The van der Waals surface area contributed by atoms with Gasteiger partial charge in [-0.15, -0.1) is 24.0 Å². The molecule has 1 aromatic carbocycles. The van der Waals surface area contributed by atoms with Crippen LogP contribution in [0.25, 0.3) is 0 Å². The van der Waals surface area contributed by atoms with Crippen molar-refractivity contribution in [2.24, 2.45) is 4.99 Å². The first-order valence-electron chi connectivity index (χ1n) is 10.1. The third-order valence-corrected chi connectivity index (χ3v) is 6.72. The van der Waals surface area contributed by atoms with Crippen LogP contribution in [0.3, 0.4) is 0 Å². The molecule has 0 bridgehead atoms. The summed E-state index contributed by atoms with van der Waals surface area (Å²) in [5, 5.41) is 6.47. The maximum atomic E-state index is 12.7. The average molecular weight is 543 g/mol. The number of nitrogens with one attached hydrogen (secondary N) is 2. The van der Waals surface area contributed by atoms with Crippen LogP contribution in [0, 0.1) is 0 Å². The normalized spacial score (nSPS) is 15.3. The lowest BCUT2D eigenvalue weighted by Gasteiger charge is -2.25. The Balaban J connectivity index is 0.00000320. The lowest BCUT2D eigenvalue weighted by atomic mass is 10.2. The van der Waals surface area contributed by atoms with Gasteiger partial charge in [0.2, 0.25) is 10.0 Å². The van der Waals surface area contributed by atoms with Crippen molar-refractivity contribution in [3.8, 4) is 0 Å². The van der Waals surface area contributed by atoms with Gasteiger partial charge < -0.3 is 10.6 Å². The molecule has 1 aromatic heterocycles. The van der Waals surface area contributed by atoms with E-state index >= 15 is 0 Å². The maximum Gasteiger partial charge on any atom is 0.243 e. The number of piperidine rings is 1. The number of aliphatic imine (C=N–C) groups is 1. The minimum absolute atomic E-state index is 0. The zero-order valence-electron chi connectivity index (χ0n) is 17.3. The van der Waals surface area contributed by atoms with E-state index < -0.39 is 10.0 Å². The maximum absolute atomic E-state index is 12.7. The van der Waals surface area contributed by atoms with Gasteiger partial charge >= 0.3 is 0 Å². The summed E-state index contributed by atoms with van der Waals surface area (Å²) in [5.41, 5.74) is 1.89. The minimum atomic E-state index is -3.39. The highest BCUT2D eigenvalue weighted by Crippen LogP contribution is 2.21. The van der Waals surface area contributed by atoms with Crippen molar-refractivity contribution < 1.29 is 8.42 Å². The highest BCUT2D eigenvalue weighted by molar-refractivity contribution is 14.0. The molecule has 3 rings (SSSR count). The zero-order valence-corrected chi connectivity index (χ0v) is 20.4. The Kier molecular flexibility index (Phi) is 9.99. The number of nitrogens with zero attached hydrogens (tertiary/aromatic N) is 3. The molecule has 9 heteroatoms. The van der Waals surface area contributed by atoms with Crippen LogP contribution in [0.15, 0.2) is 58.5 Å². The molecule has 1 aliphatic rings. The molecule has 164 valence electrons. The molecule has 0 saturated carbocycles. The second-order valence-corrected chi connectivity index (χ2v) is 8.92. The van der Waals surface area contributed by atoms with Crippen molar-refractivity contribution in [2.75, 3.05) is 19.6 Å². The molecule has 30 heavy (non-hydrogen) atoms. The van der Waals surface area contributed by atoms with Crippen molar-refractivity contribution in [1.82, 2.24) is 19.9 Å². The molecule has 2 N–H and O–H groups in total. The highest BCUT2D eigenvalue weighted by Gasteiger charge is 2.25. The number of aromatic nitrogens is 1. The topological polar surface area (TPSA) is 86.7 Å². The summed E-state index contributed by atoms with van der Waals surface area (Å²) in [6.07, 6.45) is 4.74. The van der Waals surface area contributed by atoms with Crippen LogP contribution in [-0.4, -0.2) is 43.3 Å². The minimum Gasteiger partial charge on any atom is -0.357 e. The standard InChI is InChI=1S/C21H29N5O2S.HI/c1-2-22-21(25-17-19-8-4-5-13-23-19)24-16-18-9-11-20(12-10-18)29(27,28)26-14-6-3-7-15-26;/h4-5,8-13H,2-3,6-7,14-17H2,1H3,(H2,22,24,25);1H. The van der Waals surface area contributed by atoms with Crippen molar-refractivity contribution in [3.63, 3.8) is 0 Å². The van der Waals surface area contributed by atoms with E-state index in [9.17, 15) is 8.42 Å². The van der Waals surface area contributed by atoms with Gasteiger partial charge in [0.1, 0.15) is 0 Å². The lowest BCUT2D eigenvalue weighted by molar-refractivity contribution is 0.346. The van der Waals surface area contributed by atoms with Gasteiger partial charge in [0.05, 0.1) is 23.7 Å². The predicted molar refractivity (Wildman–Crippen MR) is 130 cm³/mol. The summed E-state index contributed by atoms with van der Waals surface area (Å²) in [6.45, 7) is 5.03. The van der Waals surface area contributed by atoms with Gasteiger partial charge in [-0.1, -0.05) is 24.6 Å². The van der Waals surface area contributed by atoms with Crippen LogP contribution < -0.4 is 10.6 Å². The fourth-order valence-electron chi connectivity index (χ4n) is 3.21. The van der Waals surface area contributed by atoms with E-state index in [-0.39, 0.29) is 24.0 Å². The van der Waals surface area contributed by atoms with Crippen molar-refractivity contribution in [2.45, 2.75) is 44.2 Å². The SMILES string of the molecule is CCNC(=NCc1ccc(S(=O)(=O)N2CCCCC2)cc1)NCc1ccccn1.I. The summed E-state index contributed by atoms with van der Waals surface area (Å²) in [7, 11) is -3.39. The second kappa shape index (κ2) is 12.2. The quantitative estimate of drug-likeness (QED) is 0.319. The number of rotatable bonds is 7. The Labute approximate surface area is 196 Å². The smallest absolute Gasteiger partial charge is 0.243 e. The molecule has 0 unspecified atom stereocenters. The van der Waals surface area contributed by atoms with Crippen LogP contribution in [0.1, 0.15) is 37.4 Å². The molecule has 1 saturated heterocycles. The van der Waals surface area contributed by atoms with Crippen LogP contribution in [0.4, 0.5) is 0 Å². The number of sulfonamides is 1. The Morgan fingerprint density at radius 1 is 1.07 bits per heavy atom. The first kappa shape index (κ1) is 24.5. The van der Waals surface area contributed by atoms with Crippen LogP contribution in [0.5, 0.6) is 0 Å². The molecule has 1 aliphatic heterocycles. The molecular formula is C21H30IN5O2S. The number of hydrogen-bond acceptors (Lipinski definition) is 4. The van der Waals surface area contributed by atoms with Crippen LogP contribution in [0.2, 0.25) is 0 Å². The van der Waals surface area contributed by atoms with E-state index in [2.05, 4.69) is 20.6 Å². The van der Waals surface area contributed by atoms with E-state index in [0.29, 0.717) is 37.0 Å². The summed E-state index contributed by atoms with van der Waals surface area (Å²) >= 11 is 0.